The Morgan fingerprint density at radius 2 is 1.86 bits per heavy atom. The summed E-state index contributed by atoms with van der Waals surface area (Å²) < 4.78 is 12.6. The SMILES string of the molecule is NC(c1ccc(F)cc1)c1ccc[nH]1. The minimum atomic E-state index is -0.243. The first-order valence-electron chi connectivity index (χ1n) is 4.42. The molecule has 72 valence electrons. The van der Waals surface area contributed by atoms with E-state index in [1.54, 1.807) is 12.1 Å². The predicted octanol–water partition coefficient (Wildman–Crippen LogP) is 2.20. The van der Waals surface area contributed by atoms with Gasteiger partial charge in [-0.25, -0.2) is 4.39 Å². The number of hydrogen-bond acceptors (Lipinski definition) is 1. The molecule has 0 fully saturated rings. The minimum absolute atomic E-state index is 0.217. The van der Waals surface area contributed by atoms with Gasteiger partial charge in [-0.3, -0.25) is 0 Å². The molecule has 1 heterocycles. The summed E-state index contributed by atoms with van der Waals surface area (Å²) in [5.41, 5.74) is 7.78. The molecule has 0 radical (unpaired) electrons. The van der Waals surface area contributed by atoms with Gasteiger partial charge in [-0.15, -0.1) is 0 Å². The van der Waals surface area contributed by atoms with Crippen LogP contribution in [0.3, 0.4) is 0 Å². The number of aromatic nitrogens is 1. The zero-order valence-corrected chi connectivity index (χ0v) is 7.57. The zero-order chi connectivity index (χ0) is 9.97. The van der Waals surface area contributed by atoms with E-state index in [-0.39, 0.29) is 11.9 Å². The Morgan fingerprint density at radius 3 is 2.43 bits per heavy atom. The zero-order valence-electron chi connectivity index (χ0n) is 7.57. The number of rotatable bonds is 2. The molecule has 2 nitrogen and oxygen atoms in total. The first kappa shape index (κ1) is 8.97. The highest BCUT2D eigenvalue weighted by Crippen LogP contribution is 2.17. The van der Waals surface area contributed by atoms with Gasteiger partial charge < -0.3 is 10.7 Å². The van der Waals surface area contributed by atoms with Crippen molar-refractivity contribution in [1.82, 2.24) is 4.98 Å². The fourth-order valence-electron chi connectivity index (χ4n) is 1.39. The Kier molecular flexibility index (Phi) is 2.33. The highest BCUT2D eigenvalue weighted by molar-refractivity contribution is 5.27. The lowest BCUT2D eigenvalue weighted by Crippen LogP contribution is -2.11. The molecule has 0 saturated heterocycles. The molecule has 1 aromatic heterocycles. The summed E-state index contributed by atoms with van der Waals surface area (Å²) in [4.78, 5) is 3.03. The van der Waals surface area contributed by atoms with Gasteiger partial charge in [0.15, 0.2) is 0 Å². The monoisotopic (exact) mass is 190 g/mol. The lowest BCUT2D eigenvalue weighted by atomic mass is 10.1. The van der Waals surface area contributed by atoms with Crippen molar-refractivity contribution in [2.75, 3.05) is 0 Å². The van der Waals surface area contributed by atoms with E-state index in [1.807, 2.05) is 18.3 Å². The fourth-order valence-corrected chi connectivity index (χ4v) is 1.39. The van der Waals surface area contributed by atoms with Crippen LogP contribution in [0.5, 0.6) is 0 Å². The van der Waals surface area contributed by atoms with E-state index in [0.717, 1.165) is 11.3 Å². The van der Waals surface area contributed by atoms with Crippen molar-refractivity contribution in [1.29, 1.82) is 0 Å². The molecule has 0 saturated carbocycles. The second-order valence-corrected chi connectivity index (χ2v) is 3.15. The molecule has 14 heavy (non-hydrogen) atoms. The van der Waals surface area contributed by atoms with E-state index >= 15 is 0 Å². The summed E-state index contributed by atoms with van der Waals surface area (Å²) in [6.07, 6.45) is 1.82. The molecule has 1 aromatic carbocycles. The van der Waals surface area contributed by atoms with E-state index in [4.69, 9.17) is 5.73 Å². The largest absolute Gasteiger partial charge is 0.363 e. The molecule has 0 spiro atoms. The second-order valence-electron chi connectivity index (χ2n) is 3.15. The average Bonchev–Trinajstić information content (AvgIpc) is 2.71. The van der Waals surface area contributed by atoms with E-state index in [2.05, 4.69) is 4.98 Å². The lowest BCUT2D eigenvalue weighted by Gasteiger charge is -2.09. The van der Waals surface area contributed by atoms with Crippen molar-refractivity contribution in [3.05, 3.63) is 59.7 Å². The summed E-state index contributed by atoms with van der Waals surface area (Å²) >= 11 is 0. The van der Waals surface area contributed by atoms with Gasteiger partial charge in [-0.1, -0.05) is 12.1 Å². The van der Waals surface area contributed by atoms with Gasteiger partial charge in [0.05, 0.1) is 6.04 Å². The maximum Gasteiger partial charge on any atom is 0.123 e. The van der Waals surface area contributed by atoms with Gasteiger partial charge in [0, 0.05) is 11.9 Å². The molecule has 0 aliphatic carbocycles. The third-order valence-electron chi connectivity index (χ3n) is 2.19. The van der Waals surface area contributed by atoms with Crippen LogP contribution in [-0.2, 0) is 0 Å². The summed E-state index contributed by atoms with van der Waals surface area (Å²) in [7, 11) is 0. The van der Waals surface area contributed by atoms with Crippen LogP contribution in [0.25, 0.3) is 0 Å². The second kappa shape index (κ2) is 3.64. The number of benzene rings is 1. The number of nitrogens with one attached hydrogen (secondary N) is 1. The molecule has 3 N–H and O–H groups in total. The number of nitrogens with two attached hydrogens (primary N) is 1. The number of halogens is 1. The number of H-pyrrole nitrogens is 1. The third-order valence-corrected chi connectivity index (χ3v) is 2.19. The summed E-state index contributed by atoms with van der Waals surface area (Å²) in [6, 6.07) is 9.80. The fraction of sp³-hybridized carbons (Fsp3) is 0.0909. The number of hydrogen-bond donors (Lipinski definition) is 2. The minimum Gasteiger partial charge on any atom is -0.363 e. The van der Waals surface area contributed by atoms with E-state index < -0.39 is 0 Å². The van der Waals surface area contributed by atoms with Gasteiger partial charge in [0.1, 0.15) is 5.82 Å². The highest BCUT2D eigenvalue weighted by Gasteiger charge is 2.08. The molecule has 1 atom stereocenters. The normalized spacial score (nSPS) is 12.7. The number of aromatic amines is 1. The molecule has 0 bridgehead atoms. The van der Waals surface area contributed by atoms with Crippen LogP contribution in [0.1, 0.15) is 17.3 Å². The maximum absolute atomic E-state index is 12.6. The van der Waals surface area contributed by atoms with Crippen LogP contribution in [0.2, 0.25) is 0 Å². The maximum atomic E-state index is 12.6. The Hall–Kier alpha value is -1.61. The Bertz CT molecular complexity index is 392. The van der Waals surface area contributed by atoms with E-state index in [0.29, 0.717) is 0 Å². The Morgan fingerprint density at radius 1 is 1.14 bits per heavy atom. The van der Waals surface area contributed by atoms with Gasteiger partial charge in [-0.2, -0.15) is 0 Å². The quantitative estimate of drug-likeness (QED) is 0.749. The first-order valence-corrected chi connectivity index (χ1v) is 4.42. The van der Waals surface area contributed by atoms with Gasteiger partial charge in [0.2, 0.25) is 0 Å². The van der Waals surface area contributed by atoms with Crippen molar-refractivity contribution in [2.45, 2.75) is 6.04 Å². The van der Waals surface area contributed by atoms with Gasteiger partial charge >= 0.3 is 0 Å². The van der Waals surface area contributed by atoms with Crippen LogP contribution in [0, 0.1) is 5.82 Å². The highest BCUT2D eigenvalue weighted by atomic mass is 19.1. The first-order chi connectivity index (χ1) is 6.77. The average molecular weight is 190 g/mol. The molecule has 0 aliphatic heterocycles. The van der Waals surface area contributed by atoms with Crippen LogP contribution >= 0.6 is 0 Å². The lowest BCUT2D eigenvalue weighted by molar-refractivity contribution is 0.626. The summed E-state index contributed by atoms with van der Waals surface area (Å²) in [5.74, 6) is -0.243. The topological polar surface area (TPSA) is 41.8 Å². The summed E-state index contributed by atoms with van der Waals surface area (Å²) in [6.45, 7) is 0. The van der Waals surface area contributed by atoms with Crippen molar-refractivity contribution in [2.24, 2.45) is 5.73 Å². The van der Waals surface area contributed by atoms with Crippen molar-refractivity contribution in [3.63, 3.8) is 0 Å². The van der Waals surface area contributed by atoms with Crippen molar-refractivity contribution in [3.8, 4) is 0 Å². The van der Waals surface area contributed by atoms with E-state index in [9.17, 15) is 4.39 Å². The smallest absolute Gasteiger partial charge is 0.123 e. The standard InChI is InChI=1S/C11H11FN2/c12-9-5-3-8(4-6-9)11(13)10-2-1-7-14-10/h1-7,11,14H,13H2. The summed E-state index contributed by atoms with van der Waals surface area (Å²) in [5, 5.41) is 0. The van der Waals surface area contributed by atoms with Gasteiger partial charge in [-0.05, 0) is 29.8 Å². The molecular weight excluding hydrogens is 179 g/mol. The molecular formula is C11H11FN2. The van der Waals surface area contributed by atoms with Crippen LogP contribution in [0.4, 0.5) is 4.39 Å². The van der Waals surface area contributed by atoms with E-state index in [1.165, 1.54) is 12.1 Å². The Labute approximate surface area is 81.6 Å². The van der Waals surface area contributed by atoms with Crippen molar-refractivity contribution >= 4 is 0 Å². The Balaban J connectivity index is 2.28. The van der Waals surface area contributed by atoms with Gasteiger partial charge in [0.25, 0.3) is 0 Å². The van der Waals surface area contributed by atoms with Crippen LogP contribution in [0.15, 0.2) is 42.6 Å². The molecule has 1 unspecified atom stereocenters. The molecule has 2 rings (SSSR count). The molecule has 3 heteroatoms. The van der Waals surface area contributed by atoms with Crippen LogP contribution < -0.4 is 5.73 Å². The van der Waals surface area contributed by atoms with Crippen LogP contribution in [-0.4, -0.2) is 4.98 Å². The molecule has 0 amide bonds. The third kappa shape index (κ3) is 1.67. The van der Waals surface area contributed by atoms with Crippen molar-refractivity contribution < 1.29 is 4.39 Å². The predicted molar refractivity (Wildman–Crippen MR) is 53.2 cm³/mol. The molecule has 0 aliphatic rings. The molecule has 2 aromatic rings.